The summed E-state index contributed by atoms with van der Waals surface area (Å²) >= 11 is 0. The van der Waals surface area contributed by atoms with Crippen molar-refractivity contribution in [3.63, 3.8) is 0 Å². The molecule has 0 radical (unpaired) electrons. The molecule has 21 heavy (non-hydrogen) atoms. The van der Waals surface area contributed by atoms with Crippen LogP contribution in [-0.4, -0.2) is 25.1 Å². The van der Waals surface area contributed by atoms with Gasteiger partial charge >= 0.3 is 5.63 Å². The van der Waals surface area contributed by atoms with E-state index in [1.54, 1.807) is 19.2 Å². The Kier molecular flexibility index (Phi) is 3.97. The third-order valence-corrected chi connectivity index (χ3v) is 4.31. The third-order valence-electron chi connectivity index (χ3n) is 4.31. The molecule has 1 aliphatic heterocycles. The minimum atomic E-state index is -0.295. The Morgan fingerprint density at radius 2 is 2.05 bits per heavy atom. The number of ether oxygens (including phenoxy) is 1. The molecule has 3 rings (SSSR count). The van der Waals surface area contributed by atoms with Gasteiger partial charge in [-0.1, -0.05) is 6.92 Å². The van der Waals surface area contributed by atoms with Crippen molar-refractivity contribution in [1.82, 2.24) is 4.90 Å². The SMILES string of the molecule is COc1ccc2c(CN3CCC(C)CC3)cc(=O)oc2c1. The largest absolute Gasteiger partial charge is 0.497 e. The van der Waals surface area contributed by atoms with Gasteiger partial charge in [-0.25, -0.2) is 4.79 Å². The van der Waals surface area contributed by atoms with Crippen LogP contribution in [0.3, 0.4) is 0 Å². The lowest BCUT2D eigenvalue weighted by Crippen LogP contribution is -2.32. The van der Waals surface area contributed by atoms with Crippen LogP contribution in [0.5, 0.6) is 5.75 Å². The molecule has 4 nitrogen and oxygen atoms in total. The van der Waals surface area contributed by atoms with E-state index in [9.17, 15) is 4.79 Å². The minimum Gasteiger partial charge on any atom is -0.497 e. The van der Waals surface area contributed by atoms with E-state index in [4.69, 9.17) is 9.15 Å². The Morgan fingerprint density at radius 1 is 1.29 bits per heavy atom. The van der Waals surface area contributed by atoms with Gasteiger partial charge in [0.05, 0.1) is 7.11 Å². The monoisotopic (exact) mass is 287 g/mol. The lowest BCUT2D eigenvalue weighted by atomic mass is 9.98. The topological polar surface area (TPSA) is 42.7 Å². The first-order valence-electron chi connectivity index (χ1n) is 7.49. The molecule has 1 aromatic carbocycles. The van der Waals surface area contributed by atoms with E-state index in [0.717, 1.165) is 36.5 Å². The molecule has 0 N–H and O–H groups in total. The molecular weight excluding hydrogens is 266 g/mol. The molecule has 1 aliphatic rings. The number of hydrogen-bond acceptors (Lipinski definition) is 4. The summed E-state index contributed by atoms with van der Waals surface area (Å²) in [6, 6.07) is 7.27. The lowest BCUT2D eigenvalue weighted by Gasteiger charge is -2.30. The molecule has 1 aromatic heterocycles. The summed E-state index contributed by atoms with van der Waals surface area (Å²) in [4.78, 5) is 14.2. The summed E-state index contributed by atoms with van der Waals surface area (Å²) in [6.07, 6.45) is 2.46. The molecular formula is C17H21NO3. The van der Waals surface area contributed by atoms with E-state index in [0.29, 0.717) is 11.3 Å². The van der Waals surface area contributed by atoms with Crippen molar-refractivity contribution in [2.45, 2.75) is 26.3 Å². The van der Waals surface area contributed by atoms with Gasteiger partial charge in [0, 0.05) is 24.1 Å². The van der Waals surface area contributed by atoms with Crippen molar-refractivity contribution >= 4 is 11.0 Å². The van der Waals surface area contributed by atoms with Gasteiger partial charge in [-0.3, -0.25) is 4.90 Å². The molecule has 0 unspecified atom stereocenters. The first-order valence-corrected chi connectivity index (χ1v) is 7.49. The molecule has 0 saturated carbocycles. The van der Waals surface area contributed by atoms with Gasteiger partial charge in [0.15, 0.2) is 0 Å². The van der Waals surface area contributed by atoms with E-state index in [1.165, 1.54) is 12.8 Å². The van der Waals surface area contributed by atoms with E-state index in [2.05, 4.69) is 11.8 Å². The number of nitrogens with zero attached hydrogens (tertiary/aromatic N) is 1. The van der Waals surface area contributed by atoms with Crippen LogP contribution in [0.15, 0.2) is 33.5 Å². The summed E-state index contributed by atoms with van der Waals surface area (Å²) in [6.45, 7) is 5.30. The van der Waals surface area contributed by atoms with Crippen molar-refractivity contribution in [2.75, 3.05) is 20.2 Å². The maximum Gasteiger partial charge on any atom is 0.336 e. The van der Waals surface area contributed by atoms with Crippen molar-refractivity contribution in [3.8, 4) is 5.75 Å². The number of benzene rings is 1. The highest BCUT2D eigenvalue weighted by atomic mass is 16.5. The van der Waals surface area contributed by atoms with Crippen LogP contribution in [0.4, 0.5) is 0 Å². The van der Waals surface area contributed by atoms with Crippen molar-refractivity contribution < 1.29 is 9.15 Å². The second-order valence-electron chi connectivity index (χ2n) is 5.91. The standard InChI is InChI=1S/C17H21NO3/c1-12-5-7-18(8-6-12)11-13-9-17(19)21-16-10-14(20-2)3-4-15(13)16/h3-4,9-10,12H,5-8,11H2,1-2H3. The molecule has 0 amide bonds. The van der Waals surface area contributed by atoms with Gasteiger partial charge in [0.25, 0.3) is 0 Å². The fourth-order valence-electron chi connectivity index (χ4n) is 2.93. The Hall–Kier alpha value is -1.81. The van der Waals surface area contributed by atoms with E-state index in [-0.39, 0.29) is 5.63 Å². The zero-order valence-corrected chi connectivity index (χ0v) is 12.6. The highest BCUT2D eigenvalue weighted by molar-refractivity contribution is 5.81. The fourth-order valence-corrected chi connectivity index (χ4v) is 2.93. The van der Waals surface area contributed by atoms with E-state index >= 15 is 0 Å². The molecule has 2 aromatic rings. The summed E-state index contributed by atoms with van der Waals surface area (Å²) in [5.41, 5.74) is 1.34. The number of methoxy groups -OCH3 is 1. The highest BCUT2D eigenvalue weighted by Gasteiger charge is 2.17. The van der Waals surface area contributed by atoms with Crippen LogP contribution in [0.2, 0.25) is 0 Å². The van der Waals surface area contributed by atoms with E-state index < -0.39 is 0 Å². The second-order valence-corrected chi connectivity index (χ2v) is 5.91. The zero-order chi connectivity index (χ0) is 14.8. The van der Waals surface area contributed by atoms with Crippen LogP contribution in [0.1, 0.15) is 25.3 Å². The number of likely N-dealkylation sites (tertiary alicyclic amines) is 1. The number of fused-ring (bicyclic) bond motifs is 1. The molecule has 0 spiro atoms. The van der Waals surface area contributed by atoms with Gasteiger partial charge < -0.3 is 9.15 Å². The smallest absolute Gasteiger partial charge is 0.336 e. The first-order chi connectivity index (χ1) is 10.2. The zero-order valence-electron chi connectivity index (χ0n) is 12.6. The van der Waals surface area contributed by atoms with Gasteiger partial charge in [0.1, 0.15) is 11.3 Å². The average Bonchev–Trinajstić information content (AvgIpc) is 2.48. The average molecular weight is 287 g/mol. The fraction of sp³-hybridized carbons (Fsp3) is 0.471. The Balaban J connectivity index is 1.92. The molecule has 1 fully saturated rings. The molecule has 0 aliphatic carbocycles. The van der Waals surface area contributed by atoms with Crippen LogP contribution in [0.25, 0.3) is 11.0 Å². The molecule has 0 atom stereocenters. The van der Waals surface area contributed by atoms with Crippen LogP contribution < -0.4 is 10.4 Å². The highest BCUT2D eigenvalue weighted by Crippen LogP contribution is 2.25. The van der Waals surface area contributed by atoms with E-state index in [1.807, 2.05) is 12.1 Å². The van der Waals surface area contributed by atoms with Crippen molar-refractivity contribution in [1.29, 1.82) is 0 Å². The van der Waals surface area contributed by atoms with Gasteiger partial charge in [0.2, 0.25) is 0 Å². The predicted octanol–water partition coefficient (Wildman–Crippen LogP) is 3.03. The summed E-state index contributed by atoms with van der Waals surface area (Å²) < 4.78 is 10.5. The summed E-state index contributed by atoms with van der Waals surface area (Å²) in [5.74, 6) is 1.51. The molecule has 2 heterocycles. The van der Waals surface area contributed by atoms with Crippen LogP contribution in [-0.2, 0) is 6.54 Å². The summed E-state index contributed by atoms with van der Waals surface area (Å²) in [5, 5.41) is 0.994. The lowest BCUT2D eigenvalue weighted by molar-refractivity contribution is 0.185. The minimum absolute atomic E-state index is 0.295. The molecule has 0 bridgehead atoms. The number of hydrogen-bond donors (Lipinski definition) is 0. The first kappa shape index (κ1) is 14.1. The molecule has 112 valence electrons. The molecule has 4 heteroatoms. The van der Waals surface area contributed by atoms with Crippen molar-refractivity contribution in [2.24, 2.45) is 5.92 Å². The van der Waals surface area contributed by atoms with Crippen LogP contribution >= 0.6 is 0 Å². The maximum atomic E-state index is 11.8. The van der Waals surface area contributed by atoms with Gasteiger partial charge in [-0.2, -0.15) is 0 Å². The Morgan fingerprint density at radius 3 is 2.76 bits per heavy atom. The Bertz CT molecular complexity index is 684. The van der Waals surface area contributed by atoms with Gasteiger partial charge in [-0.05, 0) is 49.5 Å². The predicted molar refractivity (Wildman–Crippen MR) is 82.7 cm³/mol. The Labute approximate surface area is 124 Å². The maximum absolute atomic E-state index is 11.8. The quantitative estimate of drug-likeness (QED) is 0.814. The number of rotatable bonds is 3. The van der Waals surface area contributed by atoms with Gasteiger partial charge in [-0.15, -0.1) is 0 Å². The second kappa shape index (κ2) is 5.90. The molecule has 1 saturated heterocycles. The van der Waals surface area contributed by atoms with Crippen molar-refractivity contribution in [3.05, 3.63) is 40.2 Å². The normalized spacial score (nSPS) is 17.2. The van der Waals surface area contributed by atoms with Crippen LogP contribution in [0, 0.1) is 5.92 Å². The summed E-state index contributed by atoms with van der Waals surface area (Å²) in [7, 11) is 1.61. The number of piperidine rings is 1. The third kappa shape index (κ3) is 3.10.